The summed E-state index contributed by atoms with van der Waals surface area (Å²) in [5.41, 5.74) is 0.646. The summed E-state index contributed by atoms with van der Waals surface area (Å²) in [7, 11) is 0. The van der Waals surface area contributed by atoms with E-state index in [4.69, 9.17) is 4.74 Å². The number of rotatable bonds is 13. The van der Waals surface area contributed by atoms with E-state index in [9.17, 15) is 19.8 Å². The first-order valence-corrected chi connectivity index (χ1v) is 10.0. The molecule has 3 atom stereocenters. The Morgan fingerprint density at radius 1 is 1.14 bits per heavy atom. The maximum Gasteiger partial charge on any atom is 0.407 e. The van der Waals surface area contributed by atoms with Gasteiger partial charge in [0, 0.05) is 13.0 Å². The van der Waals surface area contributed by atoms with Crippen molar-refractivity contribution in [1.82, 2.24) is 10.6 Å². The van der Waals surface area contributed by atoms with Gasteiger partial charge in [0.15, 0.2) is 0 Å². The molecule has 0 radical (unpaired) electrons. The first-order chi connectivity index (χ1) is 13.5. The molecule has 0 aliphatic rings. The second-order valence-electron chi connectivity index (χ2n) is 7.06. The summed E-state index contributed by atoms with van der Waals surface area (Å²) in [6.07, 6.45) is 2.10. The van der Waals surface area contributed by atoms with Gasteiger partial charge in [-0.15, -0.1) is 0 Å². The number of hydrogen-bond donors (Lipinski definition) is 4. The maximum absolute atomic E-state index is 12.0. The molecule has 0 aliphatic heterocycles. The summed E-state index contributed by atoms with van der Waals surface area (Å²) in [5, 5.41) is 25.1. The van der Waals surface area contributed by atoms with Crippen molar-refractivity contribution in [2.75, 3.05) is 19.8 Å². The number of benzene rings is 1. The second-order valence-corrected chi connectivity index (χ2v) is 7.06. The largest absolute Gasteiger partial charge is 0.449 e. The van der Waals surface area contributed by atoms with Crippen molar-refractivity contribution in [2.24, 2.45) is 5.92 Å². The lowest BCUT2D eigenvalue weighted by molar-refractivity contribution is -0.123. The molecule has 1 rings (SSSR count). The third kappa shape index (κ3) is 9.71. The molecule has 0 spiro atoms. The fourth-order valence-corrected chi connectivity index (χ4v) is 2.55. The number of carbonyl (C=O) groups excluding carboxylic acids is 2. The highest BCUT2D eigenvalue weighted by Crippen LogP contribution is 2.16. The van der Waals surface area contributed by atoms with Crippen LogP contribution in [0.4, 0.5) is 4.79 Å². The Hall–Kier alpha value is -2.12. The predicted molar refractivity (Wildman–Crippen MR) is 108 cm³/mol. The minimum Gasteiger partial charge on any atom is -0.449 e. The van der Waals surface area contributed by atoms with Crippen LogP contribution in [0.15, 0.2) is 30.3 Å². The molecule has 0 aliphatic carbocycles. The Bertz CT molecular complexity index is 567. The molecular weight excluding hydrogens is 360 g/mol. The Balaban J connectivity index is 2.16. The molecule has 7 nitrogen and oxygen atoms in total. The zero-order chi connectivity index (χ0) is 20.8. The molecule has 0 bridgehead atoms. The van der Waals surface area contributed by atoms with Gasteiger partial charge in [-0.05, 0) is 24.3 Å². The van der Waals surface area contributed by atoms with Gasteiger partial charge in [0.25, 0.3) is 0 Å². The standard InChI is InChI=1S/C21H34N2O5/c1-3-16(2)15-28-21(27)22-13-9-5-8-12-19(25)23-18(14-24)20(26)17-10-6-4-7-11-17/h4,6-7,10-11,16,18,20,24,26H,3,5,8-9,12-15H2,1-2H3,(H,22,27)(H,23,25). The molecule has 0 fully saturated rings. The number of carbonyl (C=O) groups is 2. The van der Waals surface area contributed by atoms with Crippen LogP contribution in [-0.4, -0.2) is 48.0 Å². The number of ether oxygens (including phenoxy) is 1. The van der Waals surface area contributed by atoms with Gasteiger partial charge >= 0.3 is 6.09 Å². The SMILES string of the molecule is CCC(C)COC(=O)NCCCCCC(=O)NC(CO)C(O)c1ccccc1. The smallest absolute Gasteiger partial charge is 0.407 e. The van der Waals surface area contributed by atoms with E-state index >= 15 is 0 Å². The van der Waals surface area contributed by atoms with E-state index in [2.05, 4.69) is 10.6 Å². The Labute approximate surface area is 167 Å². The van der Waals surface area contributed by atoms with Gasteiger partial charge in [-0.3, -0.25) is 4.79 Å². The van der Waals surface area contributed by atoms with Gasteiger partial charge < -0.3 is 25.6 Å². The number of nitrogens with one attached hydrogen (secondary N) is 2. The Kier molecular flexibility index (Phi) is 11.9. The van der Waals surface area contributed by atoms with Crippen LogP contribution < -0.4 is 10.6 Å². The van der Waals surface area contributed by atoms with E-state index in [1.54, 1.807) is 24.3 Å². The molecule has 28 heavy (non-hydrogen) atoms. The van der Waals surface area contributed by atoms with E-state index in [1.807, 2.05) is 19.9 Å². The van der Waals surface area contributed by atoms with Crippen molar-refractivity contribution in [3.05, 3.63) is 35.9 Å². The Morgan fingerprint density at radius 3 is 2.50 bits per heavy atom. The average molecular weight is 395 g/mol. The van der Waals surface area contributed by atoms with Crippen LogP contribution in [0.2, 0.25) is 0 Å². The van der Waals surface area contributed by atoms with E-state index < -0.39 is 18.2 Å². The van der Waals surface area contributed by atoms with Crippen molar-refractivity contribution in [3.63, 3.8) is 0 Å². The normalized spacial score (nSPS) is 14.0. The highest BCUT2D eigenvalue weighted by Gasteiger charge is 2.21. The molecule has 0 saturated heterocycles. The monoisotopic (exact) mass is 394 g/mol. The van der Waals surface area contributed by atoms with Crippen LogP contribution in [0.1, 0.15) is 57.6 Å². The van der Waals surface area contributed by atoms with Crippen molar-refractivity contribution in [2.45, 2.75) is 58.1 Å². The lowest BCUT2D eigenvalue weighted by Crippen LogP contribution is -2.41. The summed E-state index contributed by atoms with van der Waals surface area (Å²) in [6, 6.07) is 8.19. The van der Waals surface area contributed by atoms with E-state index in [-0.39, 0.29) is 12.5 Å². The molecule has 0 saturated carbocycles. The number of alkyl carbamates (subject to hydrolysis) is 1. The highest BCUT2D eigenvalue weighted by molar-refractivity contribution is 5.76. The summed E-state index contributed by atoms with van der Waals surface area (Å²) in [6.45, 7) is 4.66. The number of unbranched alkanes of at least 4 members (excludes halogenated alkanes) is 2. The zero-order valence-electron chi connectivity index (χ0n) is 16.9. The summed E-state index contributed by atoms with van der Waals surface area (Å²) >= 11 is 0. The fraction of sp³-hybridized carbons (Fsp3) is 0.619. The minimum absolute atomic E-state index is 0.213. The number of aliphatic hydroxyl groups excluding tert-OH is 2. The van der Waals surface area contributed by atoms with Crippen LogP contribution >= 0.6 is 0 Å². The lowest BCUT2D eigenvalue weighted by Gasteiger charge is -2.22. The minimum atomic E-state index is -0.958. The summed E-state index contributed by atoms with van der Waals surface area (Å²) in [5.74, 6) is 0.141. The molecule has 0 aromatic heterocycles. The first kappa shape index (κ1) is 23.9. The van der Waals surface area contributed by atoms with E-state index in [0.717, 1.165) is 19.3 Å². The van der Waals surface area contributed by atoms with Crippen molar-refractivity contribution >= 4 is 12.0 Å². The van der Waals surface area contributed by atoms with Crippen molar-refractivity contribution in [1.29, 1.82) is 0 Å². The van der Waals surface area contributed by atoms with Gasteiger partial charge in [0.05, 0.1) is 19.3 Å². The summed E-state index contributed by atoms with van der Waals surface area (Å²) in [4.78, 5) is 23.5. The van der Waals surface area contributed by atoms with E-state index in [1.165, 1.54) is 0 Å². The molecule has 158 valence electrons. The molecule has 3 unspecified atom stereocenters. The van der Waals surface area contributed by atoms with Crippen LogP contribution in [0.25, 0.3) is 0 Å². The van der Waals surface area contributed by atoms with Crippen LogP contribution in [0.5, 0.6) is 0 Å². The second kappa shape index (κ2) is 14.0. The molecule has 7 heteroatoms. The third-order valence-corrected chi connectivity index (χ3v) is 4.61. The van der Waals surface area contributed by atoms with Crippen LogP contribution in [0, 0.1) is 5.92 Å². The quantitative estimate of drug-likeness (QED) is 0.385. The van der Waals surface area contributed by atoms with Crippen molar-refractivity contribution in [3.8, 4) is 0 Å². The van der Waals surface area contributed by atoms with Gasteiger partial charge in [-0.25, -0.2) is 4.79 Å². The molecular formula is C21H34N2O5. The molecule has 4 N–H and O–H groups in total. The predicted octanol–water partition coefficient (Wildman–Crippen LogP) is 2.53. The average Bonchev–Trinajstić information content (AvgIpc) is 2.72. The van der Waals surface area contributed by atoms with Gasteiger partial charge in [0.1, 0.15) is 6.10 Å². The highest BCUT2D eigenvalue weighted by atomic mass is 16.5. The van der Waals surface area contributed by atoms with Crippen molar-refractivity contribution < 1.29 is 24.5 Å². The molecule has 1 aromatic rings. The van der Waals surface area contributed by atoms with Gasteiger partial charge in [-0.1, -0.05) is 57.0 Å². The third-order valence-electron chi connectivity index (χ3n) is 4.61. The molecule has 0 heterocycles. The van der Waals surface area contributed by atoms with Crippen LogP contribution in [-0.2, 0) is 9.53 Å². The molecule has 1 aromatic carbocycles. The van der Waals surface area contributed by atoms with Gasteiger partial charge in [-0.2, -0.15) is 0 Å². The topological polar surface area (TPSA) is 108 Å². The number of aliphatic hydroxyl groups is 2. The maximum atomic E-state index is 12.0. The first-order valence-electron chi connectivity index (χ1n) is 10.0. The number of hydrogen-bond acceptors (Lipinski definition) is 5. The van der Waals surface area contributed by atoms with Crippen LogP contribution in [0.3, 0.4) is 0 Å². The van der Waals surface area contributed by atoms with Gasteiger partial charge in [0.2, 0.25) is 5.91 Å². The van der Waals surface area contributed by atoms with E-state index in [0.29, 0.717) is 37.5 Å². The Morgan fingerprint density at radius 2 is 1.86 bits per heavy atom. The fourth-order valence-electron chi connectivity index (χ4n) is 2.55. The number of amides is 2. The zero-order valence-corrected chi connectivity index (χ0v) is 16.9. The lowest BCUT2D eigenvalue weighted by atomic mass is 10.0. The summed E-state index contributed by atoms with van der Waals surface area (Å²) < 4.78 is 5.09. The molecule has 2 amide bonds.